The molecule has 1 atom stereocenters. The second-order valence-corrected chi connectivity index (χ2v) is 9.12. The highest BCUT2D eigenvalue weighted by Gasteiger charge is 2.21. The molecule has 0 spiro atoms. The molecule has 32 heavy (non-hydrogen) atoms. The van der Waals surface area contributed by atoms with Gasteiger partial charge in [-0.15, -0.1) is 0 Å². The number of ether oxygens (including phenoxy) is 3. The SMILES string of the molecule is CCc1ccc(C(=O)C(C)OC(=O)CCCNS(=O)(=O)c2ccc3c(c2)OCCO3)cc1. The third-order valence-electron chi connectivity index (χ3n) is 5.00. The average Bonchev–Trinajstić information content (AvgIpc) is 2.81. The van der Waals surface area contributed by atoms with Crippen LogP contribution < -0.4 is 14.2 Å². The zero-order chi connectivity index (χ0) is 23.1. The number of nitrogens with one attached hydrogen (secondary N) is 1. The van der Waals surface area contributed by atoms with Crippen LogP contribution >= 0.6 is 0 Å². The Balaban J connectivity index is 1.44. The van der Waals surface area contributed by atoms with Gasteiger partial charge in [-0.1, -0.05) is 31.2 Å². The summed E-state index contributed by atoms with van der Waals surface area (Å²) < 4.78 is 43.4. The molecule has 0 amide bonds. The van der Waals surface area contributed by atoms with Gasteiger partial charge < -0.3 is 14.2 Å². The lowest BCUT2D eigenvalue weighted by atomic mass is 10.0. The summed E-state index contributed by atoms with van der Waals surface area (Å²) in [6, 6.07) is 11.6. The Morgan fingerprint density at radius 3 is 2.44 bits per heavy atom. The van der Waals surface area contributed by atoms with E-state index in [9.17, 15) is 18.0 Å². The predicted molar refractivity (Wildman–Crippen MR) is 118 cm³/mol. The lowest BCUT2D eigenvalue weighted by molar-refractivity contribution is -0.146. The summed E-state index contributed by atoms with van der Waals surface area (Å²) in [5, 5.41) is 0. The minimum atomic E-state index is -3.76. The number of hydrogen-bond acceptors (Lipinski definition) is 7. The van der Waals surface area contributed by atoms with Crippen LogP contribution in [0, 0.1) is 0 Å². The van der Waals surface area contributed by atoms with Crippen molar-refractivity contribution >= 4 is 21.8 Å². The zero-order valence-electron chi connectivity index (χ0n) is 18.1. The highest BCUT2D eigenvalue weighted by Crippen LogP contribution is 2.32. The van der Waals surface area contributed by atoms with Crippen LogP contribution in [0.25, 0.3) is 0 Å². The van der Waals surface area contributed by atoms with Gasteiger partial charge in [-0.05, 0) is 37.5 Å². The molecule has 0 saturated heterocycles. The van der Waals surface area contributed by atoms with Crippen molar-refractivity contribution < 1.29 is 32.2 Å². The van der Waals surface area contributed by atoms with E-state index in [0.717, 1.165) is 12.0 Å². The smallest absolute Gasteiger partial charge is 0.306 e. The molecule has 1 aliphatic heterocycles. The standard InChI is InChI=1S/C23H27NO7S/c1-3-17-6-8-18(9-7-17)23(26)16(2)31-22(25)5-4-12-24-32(27,28)19-10-11-20-21(15-19)30-14-13-29-20/h6-11,15-16,24H,3-5,12-14H2,1-2H3. The lowest BCUT2D eigenvalue weighted by Gasteiger charge is -2.18. The van der Waals surface area contributed by atoms with Crippen LogP contribution in [0.5, 0.6) is 11.5 Å². The number of benzene rings is 2. The van der Waals surface area contributed by atoms with Gasteiger partial charge in [0.25, 0.3) is 0 Å². The van der Waals surface area contributed by atoms with Gasteiger partial charge in [0.2, 0.25) is 15.8 Å². The van der Waals surface area contributed by atoms with Gasteiger partial charge in [-0.2, -0.15) is 0 Å². The molecule has 172 valence electrons. The van der Waals surface area contributed by atoms with E-state index in [1.165, 1.54) is 19.1 Å². The molecule has 1 heterocycles. The molecular formula is C23H27NO7S. The van der Waals surface area contributed by atoms with E-state index in [-0.39, 0.29) is 30.1 Å². The van der Waals surface area contributed by atoms with Crippen LogP contribution in [-0.2, 0) is 26.0 Å². The molecule has 1 N–H and O–H groups in total. The number of ketones is 1. The summed E-state index contributed by atoms with van der Waals surface area (Å²) in [6.45, 7) is 4.38. The summed E-state index contributed by atoms with van der Waals surface area (Å²) in [7, 11) is -3.76. The van der Waals surface area contributed by atoms with Crippen LogP contribution in [-0.4, -0.2) is 46.0 Å². The van der Waals surface area contributed by atoms with Gasteiger partial charge >= 0.3 is 5.97 Å². The van der Waals surface area contributed by atoms with E-state index in [1.54, 1.807) is 18.2 Å². The summed E-state index contributed by atoms with van der Waals surface area (Å²) >= 11 is 0. The largest absolute Gasteiger partial charge is 0.486 e. The fourth-order valence-corrected chi connectivity index (χ4v) is 4.25. The first-order valence-electron chi connectivity index (χ1n) is 10.5. The van der Waals surface area contributed by atoms with Gasteiger partial charge in [-0.3, -0.25) is 9.59 Å². The van der Waals surface area contributed by atoms with Gasteiger partial charge in [0.1, 0.15) is 13.2 Å². The van der Waals surface area contributed by atoms with Crippen LogP contribution in [0.3, 0.4) is 0 Å². The van der Waals surface area contributed by atoms with Crippen molar-refractivity contribution in [3.8, 4) is 11.5 Å². The Morgan fingerprint density at radius 1 is 1.06 bits per heavy atom. The quantitative estimate of drug-likeness (QED) is 0.329. The first-order valence-corrected chi connectivity index (χ1v) is 12.0. The Hall–Kier alpha value is -2.91. The minimum Gasteiger partial charge on any atom is -0.486 e. The number of esters is 1. The van der Waals surface area contributed by atoms with E-state index in [1.807, 2.05) is 19.1 Å². The maximum Gasteiger partial charge on any atom is 0.306 e. The van der Waals surface area contributed by atoms with Crippen molar-refractivity contribution in [2.45, 2.75) is 44.1 Å². The molecule has 9 heteroatoms. The van der Waals surface area contributed by atoms with Gasteiger partial charge in [0.05, 0.1) is 4.90 Å². The predicted octanol–water partition coefficient (Wildman–Crippen LogP) is 2.89. The van der Waals surface area contributed by atoms with E-state index >= 15 is 0 Å². The maximum absolute atomic E-state index is 12.5. The highest BCUT2D eigenvalue weighted by molar-refractivity contribution is 7.89. The Kier molecular flexibility index (Phi) is 7.87. The molecule has 0 aliphatic carbocycles. The number of hydrogen-bond donors (Lipinski definition) is 1. The molecule has 0 aromatic heterocycles. The molecular weight excluding hydrogens is 434 g/mol. The van der Waals surface area contributed by atoms with Crippen LogP contribution in [0.15, 0.2) is 47.4 Å². The number of Topliss-reactive ketones (excluding diaryl/α,β-unsaturated/α-hetero) is 1. The first-order chi connectivity index (χ1) is 15.3. The minimum absolute atomic E-state index is 0.0178. The summed E-state index contributed by atoms with van der Waals surface area (Å²) in [4.78, 5) is 24.5. The van der Waals surface area contributed by atoms with Gasteiger partial charge in [0, 0.05) is 24.6 Å². The second kappa shape index (κ2) is 10.6. The van der Waals surface area contributed by atoms with E-state index in [2.05, 4.69) is 4.72 Å². The summed E-state index contributed by atoms with van der Waals surface area (Å²) in [5.74, 6) is 0.0449. The molecule has 0 saturated carbocycles. The fourth-order valence-electron chi connectivity index (χ4n) is 3.16. The number of carbonyl (C=O) groups is 2. The Labute approximate surface area is 187 Å². The zero-order valence-corrected chi connectivity index (χ0v) is 18.9. The topological polar surface area (TPSA) is 108 Å². The van der Waals surface area contributed by atoms with Crippen molar-refractivity contribution in [3.63, 3.8) is 0 Å². The molecule has 0 bridgehead atoms. The monoisotopic (exact) mass is 461 g/mol. The molecule has 0 fully saturated rings. The lowest BCUT2D eigenvalue weighted by Crippen LogP contribution is -2.27. The van der Waals surface area contributed by atoms with Crippen LogP contribution in [0.4, 0.5) is 0 Å². The molecule has 1 aliphatic rings. The Morgan fingerprint density at radius 2 is 1.75 bits per heavy atom. The maximum atomic E-state index is 12.5. The van der Waals surface area contributed by atoms with Crippen molar-refractivity contribution in [2.24, 2.45) is 0 Å². The van der Waals surface area contributed by atoms with Crippen molar-refractivity contribution in [1.82, 2.24) is 4.72 Å². The number of aryl methyl sites for hydroxylation is 1. The molecule has 3 rings (SSSR count). The molecule has 0 radical (unpaired) electrons. The van der Waals surface area contributed by atoms with E-state index in [4.69, 9.17) is 14.2 Å². The second-order valence-electron chi connectivity index (χ2n) is 7.35. The Bertz CT molecular complexity index is 1060. The van der Waals surface area contributed by atoms with Crippen molar-refractivity contribution in [3.05, 3.63) is 53.6 Å². The summed E-state index contributed by atoms with van der Waals surface area (Å²) in [6.07, 6.45) is 0.173. The third-order valence-corrected chi connectivity index (χ3v) is 6.46. The number of fused-ring (bicyclic) bond motifs is 1. The molecule has 2 aromatic carbocycles. The van der Waals surface area contributed by atoms with E-state index < -0.39 is 22.1 Å². The van der Waals surface area contributed by atoms with Crippen LogP contribution in [0.1, 0.15) is 42.6 Å². The fraction of sp³-hybridized carbons (Fsp3) is 0.391. The third kappa shape index (κ3) is 6.08. The molecule has 2 aromatic rings. The van der Waals surface area contributed by atoms with Gasteiger partial charge in [-0.25, -0.2) is 13.1 Å². The first kappa shape index (κ1) is 23.7. The average molecular weight is 462 g/mol. The molecule has 8 nitrogen and oxygen atoms in total. The molecule has 1 unspecified atom stereocenters. The van der Waals surface area contributed by atoms with Gasteiger partial charge in [0.15, 0.2) is 17.6 Å². The van der Waals surface area contributed by atoms with E-state index in [0.29, 0.717) is 30.3 Å². The van der Waals surface area contributed by atoms with Crippen LogP contribution in [0.2, 0.25) is 0 Å². The number of sulfonamides is 1. The highest BCUT2D eigenvalue weighted by atomic mass is 32.2. The van der Waals surface area contributed by atoms with Crippen molar-refractivity contribution in [1.29, 1.82) is 0 Å². The number of rotatable bonds is 10. The normalized spacial score (nSPS) is 13.9. The summed E-state index contributed by atoms with van der Waals surface area (Å²) in [5.41, 5.74) is 1.60. The number of carbonyl (C=O) groups excluding carboxylic acids is 2. The van der Waals surface area contributed by atoms with Crippen molar-refractivity contribution in [2.75, 3.05) is 19.8 Å².